The summed E-state index contributed by atoms with van der Waals surface area (Å²) in [6.07, 6.45) is 3.00. The first-order valence-corrected chi connectivity index (χ1v) is 7.74. The second-order valence-corrected chi connectivity index (χ2v) is 5.44. The summed E-state index contributed by atoms with van der Waals surface area (Å²) in [7, 11) is 0. The van der Waals surface area contributed by atoms with Gasteiger partial charge in [0.05, 0.1) is 4.92 Å². The molecule has 0 fully saturated rings. The number of hydrogen-bond acceptors (Lipinski definition) is 3. The van der Waals surface area contributed by atoms with Crippen LogP contribution in [-0.2, 0) is 0 Å². The van der Waals surface area contributed by atoms with Crippen molar-refractivity contribution in [3.05, 3.63) is 38.9 Å². The molecule has 1 rings (SSSR count). The molecule has 0 spiro atoms. The average Bonchev–Trinajstić information content (AvgIpc) is 2.37. The summed E-state index contributed by atoms with van der Waals surface area (Å²) in [5, 5.41) is 13.8. The van der Waals surface area contributed by atoms with E-state index in [2.05, 4.69) is 27.9 Å². The highest BCUT2D eigenvalue weighted by Gasteiger charge is 2.19. The summed E-state index contributed by atoms with van der Waals surface area (Å²) in [6.45, 7) is 0.513. The third-order valence-electron chi connectivity index (χ3n) is 2.50. The van der Waals surface area contributed by atoms with E-state index in [0.29, 0.717) is 11.6 Å². The first-order chi connectivity index (χ1) is 9.06. The first-order valence-electron chi connectivity index (χ1n) is 5.84. The minimum absolute atomic E-state index is 0.00592. The molecule has 104 valence electrons. The van der Waals surface area contributed by atoms with Crippen LogP contribution in [0.2, 0.25) is 5.02 Å². The minimum Gasteiger partial charge on any atom is -0.352 e. The quantitative estimate of drug-likeness (QED) is 0.252. The Labute approximate surface area is 130 Å². The molecule has 0 aliphatic heterocycles. The SMILES string of the molecule is O=C(NCCCCCI)c1cc(Cl)ccc1[N+](=O)[O-]. The molecule has 0 heterocycles. The highest BCUT2D eigenvalue weighted by atomic mass is 127. The zero-order valence-corrected chi connectivity index (χ0v) is 13.1. The number of unbranched alkanes of at least 4 members (excludes halogenated alkanes) is 2. The van der Waals surface area contributed by atoms with Crippen LogP contribution >= 0.6 is 34.2 Å². The number of hydrogen-bond donors (Lipinski definition) is 1. The van der Waals surface area contributed by atoms with Gasteiger partial charge in [0.25, 0.3) is 11.6 Å². The molecule has 0 unspecified atom stereocenters. The van der Waals surface area contributed by atoms with Crippen molar-refractivity contribution in [3.63, 3.8) is 0 Å². The van der Waals surface area contributed by atoms with Gasteiger partial charge in [-0.2, -0.15) is 0 Å². The highest BCUT2D eigenvalue weighted by molar-refractivity contribution is 14.1. The Morgan fingerprint density at radius 1 is 1.37 bits per heavy atom. The smallest absolute Gasteiger partial charge is 0.282 e. The number of nitrogens with one attached hydrogen (secondary N) is 1. The van der Waals surface area contributed by atoms with E-state index in [1.807, 2.05) is 0 Å². The molecule has 5 nitrogen and oxygen atoms in total. The largest absolute Gasteiger partial charge is 0.352 e. The van der Waals surface area contributed by atoms with Crippen LogP contribution in [-0.4, -0.2) is 21.8 Å². The molecule has 0 saturated heterocycles. The second-order valence-electron chi connectivity index (χ2n) is 3.92. The van der Waals surface area contributed by atoms with Crippen LogP contribution in [0.3, 0.4) is 0 Å². The fraction of sp³-hybridized carbons (Fsp3) is 0.417. The number of nitrogens with zero attached hydrogens (tertiary/aromatic N) is 1. The number of benzene rings is 1. The van der Waals surface area contributed by atoms with E-state index in [4.69, 9.17) is 11.6 Å². The summed E-state index contributed by atoms with van der Waals surface area (Å²) in [5.74, 6) is -0.455. The standard InChI is InChI=1S/C12H14ClIN2O3/c13-9-4-5-11(16(18)19)10(8-9)12(17)15-7-3-1-2-6-14/h4-5,8H,1-3,6-7H2,(H,15,17). The molecule has 0 aliphatic carbocycles. The van der Waals surface area contributed by atoms with Gasteiger partial charge < -0.3 is 5.32 Å². The molecule has 0 radical (unpaired) electrons. The zero-order chi connectivity index (χ0) is 14.3. The Bertz CT molecular complexity index is 468. The van der Waals surface area contributed by atoms with Crippen LogP contribution in [0.4, 0.5) is 5.69 Å². The van der Waals surface area contributed by atoms with Gasteiger partial charge in [0, 0.05) is 17.6 Å². The van der Waals surface area contributed by atoms with Crippen LogP contribution in [0.25, 0.3) is 0 Å². The number of carbonyl (C=O) groups excluding carboxylic acids is 1. The normalized spacial score (nSPS) is 10.2. The third-order valence-corrected chi connectivity index (χ3v) is 3.49. The highest BCUT2D eigenvalue weighted by Crippen LogP contribution is 2.22. The van der Waals surface area contributed by atoms with Gasteiger partial charge in [-0.05, 0) is 29.4 Å². The molecule has 0 aliphatic rings. The third kappa shape index (κ3) is 5.32. The molecule has 1 aromatic rings. The van der Waals surface area contributed by atoms with Gasteiger partial charge in [0.1, 0.15) is 5.56 Å². The van der Waals surface area contributed by atoms with Crippen molar-refractivity contribution in [2.75, 3.05) is 11.0 Å². The maximum atomic E-state index is 11.9. The van der Waals surface area contributed by atoms with E-state index in [9.17, 15) is 14.9 Å². The summed E-state index contributed by atoms with van der Waals surface area (Å²) in [6, 6.07) is 3.96. The zero-order valence-electron chi connectivity index (χ0n) is 10.2. The Hall–Kier alpha value is -0.890. The van der Waals surface area contributed by atoms with Gasteiger partial charge in [0.2, 0.25) is 0 Å². The first kappa shape index (κ1) is 16.2. The summed E-state index contributed by atoms with van der Waals surface area (Å²) in [4.78, 5) is 22.1. The lowest BCUT2D eigenvalue weighted by atomic mass is 10.1. The van der Waals surface area contributed by atoms with E-state index in [0.717, 1.165) is 23.7 Å². The lowest BCUT2D eigenvalue weighted by Crippen LogP contribution is -2.25. The maximum Gasteiger partial charge on any atom is 0.282 e. The molecular formula is C12H14ClIN2O3. The predicted octanol–water partition coefficient (Wildman–Crippen LogP) is 3.58. The van der Waals surface area contributed by atoms with Crippen molar-refractivity contribution in [2.45, 2.75) is 19.3 Å². The van der Waals surface area contributed by atoms with Gasteiger partial charge >= 0.3 is 0 Å². The van der Waals surface area contributed by atoms with E-state index in [1.54, 1.807) is 0 Å². The Morgan fingerprint density at radius 3 is 2.74 bits per heavy atom. The van der Waals surface area contributed by atoms with Crippen LogP contribution in [0.1, 0.15) is 29.6 Å². The number of nitro groups is 1. The monoisotopic (exact) mass is 396 g/mol. The average molecular weight is 397 g/mol. The van der Waals surface area contributed by atoms with E-state index in [-0.39, 0.29) is 11.3 Å². The van der Waals surface area contributed by atoms with E-state index in [1.165, 1.54) is 18.2 Å². The molecule has 0 atom stereocenters. The lowest BCUT2D eigenvalue weighted by molar-refractivity contribution is -0.385. The molecule has 7 heteroatoms. The van der Waals surface area contributed by atoms with Crippen molar-refractivity contribution in [2.24, 2.45) is 0 Å². The fourth-order valence-corrected chi connectivity index (χ4v) is 2.25. The van der Waals surface area contributed by atoms with Crippen molar-refractivity contribution >= 4 is 45.8 Å². The number of amides is 1. The Balaban J connectivity index is 2.65. The van der Waals surface area contributed by atoms with Gasteiger partial charge in [-0.15, -0.1) is 0 Å². The number of halogens is 2. The van der Waals surface area contributed by atoms with Gasteiger partial charge in [-0.25, -0.2) is 0 Å². The minimum atomic E-state index is -0.582. The van der Waals surface area contributed by atoms with Crippen LogP contribution in [0, 0.1) is 10.1 Å². The van der Waals surface area contributed by atoms with Gasteiger partial charge in [-0.1, -0.05) is 40.6 Å². The van der Waals surface area contributed by atoms with Crippen LogP contribution < -0.4 is 5.32 Å². The van der Waals surface area contributed by atoms with Gasteiger partial charge in [-0.3, -0.25) is 14.9 Å². The van der Waals surface area contributed by atoms with Crippen molar-refractivity contribution in [3.8, 4) is 0 Å². The van der Waals surface area contributed by atoms with Crippen molar-refractivity contribution in [1.82, 2.24) is 5.32 Å². The van der Waals surface area contributed by atoms with E-state index >= 15 is 0 Å². The number of rotatable bonds is 7. The molecule has 19 heavy (non-hydrogen) atoms. The maximum absolute atomic E-state index is 11.9. The molecule has 1 amide bonds. The fourth-order valence-electron chi connectivity index (χ4n) is 1.54. The Morgan fingerprint density at radius 2 is 2.11 bits per heavy atom. The second kappa shape index (κ2) is 8.31. The van der Waals surface area contributed by atoms with Crippen molar-refractivity contribution < 1.29 is 9.72 Å². The molecular weight excluding hydrogens is 383 g/mol. The predicted molar refractivity (Wildman–Crippen MR) is 83.2 cm³/mol. The number of carbonyl (C=O) groups is 1. The lowest BCUT2D eigenvalue weighted by Gasteiger charge is -2.06. The molecule has 0 aromatic heterocycles. The topological polar surface area (TPSA) is 72.2 Å². The van der Waals surface area contributed by atoms with Gasteiger partial charge in [0.15, 0.2) is 0 Å². The van der Waals surface area contributed by atoms with Crippen LogP contribution in [0.5, 0.6) is 0 Å². The van der Waals surface area contributed by atoms with Crippen molar-refractivity contribution in [1.29, 1.82) is 0 Å². The van der Waals surface area contributed by atoms with Crippen LogP contribution in [0.15, 0.2) is 18.2 Å². The molecule has 0 bridgehead atoms. The molecule has 0 saturated carbocycles. The number of nitro benzene ring substituents is 1. The van der Waals surface area contributed by atoms with E-state index < -0.39 is 10.8 Å². The number of alkyl halides is 1. The summed E-state index contributed by atoms with van der Waals surface area (Å²) >= 11 is 8.06. The molecule has 1 aromatic carbocycles. The Kier molecular flexibility index (Phi) is 7.07. The molecule has 1 N–H and O–H groups in total. The summed E-state index contributed by atoms with van der Waals surface area (Å²) in [5.41, 5.74) is -0.222. The summed E-state index contributed by atoms with van der Waals surface area (Å²) < 4.78 is 1.09.